The van der Waals surface area contributed by atoms with Crippen LogP contribution in [0.4, 0.5) is 5.82 Å². The van der Waals surface area contributed by atoms with Gasteiger partial charge >= 0.3 is 0 Å². The minimum Gasteiger partial charge on any atom is -0.306 e. The first-order chi connectivity index (χ1) is 16.3. The van der Waals surface area contributed by atoms with Crippen molar-refractivity contribution >= 4 is 33.5 Å². The van der Waals surface area contributed by atoms with Crippen LogP contribution in [0.25, 0.3) is 5.69 Å². The van der Waals surface area contributed by atoms with Crippen molar-refractivity contribution in [3.05, 3.63) is 70.4 Å². The second kappa shape index (κ2) is 9.20. The number of hydrogen-bond acceptors (Lipinski definition) is 5. The molecule has 3 heterocycles. The number of aryl methyl sites for hydroxylation is 2. The lowest BCUT2D eigenvalue weighted by Crippen LogP contribution is -2.35. The molecule has 0 saturated carbocycles. The first kappa shape index (κ1) is 23.1. The van der Waals surface area contributed by atoms with Gasteiger partial charge in [0, 0.05) is 35.7 Å². The van der Waals surface area contributed by atoms with E-state index in [2.05, 4.69) is 31.3 Å². The number of aromatic nitrogens is 2. The lowest BCUT2D eigenvalue weighted by Gasteiger charge is -2.25. The van der Waals surface area contributed by atoms with Gasteiger partial charge in [-0.1, -0.05) is 12.5 Å². The smallest absolute Gasteiger partial charge is 0.256 e. The van der Waals surface area contributed by atoms with E-state index in [0.717, 1.165) is 53.3 Å². The molecule has 1 N–H and O–H groups in total. The molecule has 178 valence electrons. The molecule has 2 aliphatic heterocycles. The maximum Gasteiger partial charge on any atom is 0.256 e. The van der Waals surface area contributed by atoms with Crippen LogP contribution in [0.2, 0.25) is 0 Å². The van der Waals surface area contributed by atoms with Gasteiger partial charge in [-0.05, 0) is 74.2 Å². The van der Waals surface area contributed by atoms with Crippen molar-refractivity contribution < 1.29 is 13.2 Å². The number of benzene rings is 2. The Labute approximate surface area is 204 Å². The molecule has 5 rings (SSSR count). The first-order valence-electron chi connectivity index (χ1n) is 11.5. The van der Waals surface area contributed by atoms with Crippen LogP contribution in [-0.4, -0.2) is 41.5 Å². The molecule has 0 unspecified atom stereocenters. The Bertz CT molecular complexity index is 1340. The van der Waals surface area contributed by atoms with Crippen LogP contribution in [-0.2, 0) is 21.5 Å². The van der Waals surface area contributed by atoms with Crippen LogP contribution in [0.5, 0.6) is 0 Å². The SMILES string of the molecule is Cc1ccc(-n2nc3c(c2NC(=O)c2ccc(S(=O)(=O)N4CCCCC4)cc2)CSC3)cc1C. The number of nitrogens with zero attached hydrogens (tertiary/aromatic N) is 3. The highest BCUT2D eigenvalue weighted by Gasteiger charge is 2.27. The van der Waals surface area contributed by atoms with Gasteiger partial charge in [-0.15, -0.1) is 0 Å². The standard InChI is InChI=1S/C25H28N4O3S2/c1-17-6-9-20(14-18(17)2)29-24(22-15-33-16-23(22)27-29)26-25(30)19-7-10-21(11-8-19)34(31,32)28-12-4-3-5-13-28/h6-11,14H,3-5,12-13,15-16H2,1-2H3,(H,26,30). The van der Waals surface area contributed by atoms with Crippen LogP contribution >= 0.6 is 11.8 Å². The van der Waals surface area contributed by atoms with E-state index in [-0.39, 0.29) is 10.8 Å². The van der Waals surface area contributed by atoms with Crippen molar-refractivity contribution in [3.8, 4) is 5.69 Å². The molecule has 34 heavy (non-hydrogen) atoms. The minimum atomic E-state index is -3.53. The number of amides is 1. The van der Waals surface area contributed by atoms with Gasteiger partial charge in [0.25, 0.3) is 5.91 Å². The lowest BCUT2D eigenvalue weighted by molar-refractivity contribution is 0.102. The predicted octanol–water partition coefficient (Wildman–Crippen LogP) is 4.66. The summed E-state index contributed by atoms with van der Waals surface area (Å²) in [6.07, 6.45) is 2.83. The molecule has 7 nitrogen and oxygen atoms in total. The topological polar surface area (TPSA) is 84.3 Å². The number of rotatable bonds is 5. The molecule has 0 radical (unpaired) electrons. The van der Waals surface area contributed by atoms with E-state index < -0.39 is 10.0 Å². The van der Waals surface area contributed by atoms with Crippen molar-refractivity contribution in [2.75, 3.05) is 18.4 Å². The van der Waals surface area contributed by atoms with Crippen molar-refractivity contribution in [1.29, 1.82) is 0 Å². The van der Waals surface area contributed by atoms with Gasteiger partial charge in [0.05, 0.1) is 16.3 Å². The zero-order valence-corrected chi connectivity index (χ0v) is 21.0. The second-order valence-electron chi connectivity index (χ2n) is 8.89. The molecule has 2 aliphatic rings. The lowest BCUT2D eigenvalue weighted by atomic mass is 10.1. The molecule has 1 aromatic heterocycles. The van der Waals surface area contributed by atoms with E-state index in [0.29, 0.717) is 24.5 Å². The number of thioether (sulfide) groups is 1. The van der Waals surface area contributed by atoms with Crippen molar-refractivity contribution in [1.82, 2.24) is 14.1 Å². The monoisotopic (exact) mass is 496 g/mol. The predicted molar refractivity (Wildman–Crippen MR) is 135 cm³/mol. The van der Waals surface area contributed by atoms with E-state index in [4.69, 9.17) is 5.10 Å². The first-order valence-corrected chi connectivity index (χ1v) is 14.1. The van der Waals surface area contributed by atoms with Crippen LogP contribution in [0.15, 0.2) is 47.4 Å². The van der Waals surface area contributed by atoms with E-state index in [9.17, 15) is 13.2 Å². The summed E-state index contributed by atoms with van der Waals surface area (Å²) in [5.41, 5.74) is 5.70. The molecule has 0 bridgehead atoms. The van der Waals surface area contributed by atoms with Crippen LogP contribution in [0.1, 0.15) is 52.0 Å². The Morgan fingerprint density at radius 2 is 1.71 bits per heavy atom. The molecule has 1 amide bonds. The molecule has 3 aromatic rings. The third-order valence-corrected chi connectivity index (χ3v) is 9.47. The largest absolute Gasteiger partial charge is 0.306 e. The number of fused-ring (bicyclic) bond motifs is 1. The quantitative estimate of drug-likeness (QED) is 0.555. The summed E-state index contributed by atoms with van der Waals surface area (Å²) in [6, 6.07) is 12.3. The Morgan fingerprint density at radius 3 is 2.41 bits per heavy atom. The van der Waals surface area contributed by atoms with Gasteiger partial charge in [0.2, 0.25) is 10.0 Å². The summed E-state index contributed by atoms with van der Waals surface area (Å²) in [7, 11) is -3.53. The van der Waals surface area contributed by atoms with Gasteiger partial charge < -0.3 is 5.32 Å². The average Bonchev–Trinajstić information content (AvgIpc) is 3.44. The van der Waals surface area contributed by atoms with Crippen molar-refractivity contribution in [3.63, 3.8) is 0 Å². The molecule has 0 aliphatic carbocycles. The van der Waals surface area contributed by atoms with E-state index in [1.54, 1.807) is 23.9 Å². The van der Waals surface area contributed by atoms with Crippen molar-refractivity contribution in [2.24, 2.45) is 0 Å². The number of piperidine rings is 1. The third-order valence-electron chi connectivity index (χ3n) is 6.59. The molecule has 0 spiro atoms. The summed E-state index contributed by atoms with van der Waals surface area (Å²) in [6.45, 7) is 5.23. The van der Waals surface area contributed by atoms with Crippen LogP contribution < -0.4 is 5.32 Å². The fourth-order valence-corrected chi connectivity index (χ4v) is 6.95. The Morgan fingerprint density at radius 1 is 0.971 bits per heavy atom. The zero-order chi connectivity index (χ0) is 23.9. The highest BCUT2D eigenvalue weighted by atomic mass is 32.2. The maximum absolute atomic E-state index is 13.2. The number of anilines is 1. The summed E-state index contributed by atoms with van der Waals surface area (Å²) >= 11 is 1.78. The molecule has 1 saturated heterocycles. The van der Waals surface area contributed by atoms with Crippen molar-refractivity contribution in [2.45, 2.75) is 49.5 Å². The summed E-state index contributed by atoms with van der Waals surface area (Å²) in [5, 5.41) is 7.82. The number of hydrogen-bond donors (Lipinski definition) is 1. The maximum atomic E-state index is 13.2. The summed E-state index contributed by atoms with van der Waals surface area (Å²) in [4.78, 5) is 13.4. The molecular formula is C25H28N4O3S2. The normalized spacial score (nSPS) is 16.4. The highest BCUT2D eigenvalue weighted by Crippen LogP contribution is 2.36. The van der Waals surface area contributed by atoms with Gasteiger partial charge in [-0.2, -0.15) is 21.2 Å². The van der Waals surface area contributed by atoms with Gasteiger partial charge in [0.1, 0.15) is 5.82 Å². The number of carbonyl (C=O) groups is 1. The second-order valence-corrected chi connectivity index (χ2v) is 11.8. The molecule has 9 heteroatoms. The Hall–Kier alpha value is -2.62. The van der Waals surface area contributed by atoms with Crippen LogP contribution in [0, 0.1) is 13.8 Å². The highest BCUT2D eigenvalue weighted by molar-refractivity contribution is 7.98. The molecular weight excluding hydrogens is 468 g/mol. The van der Waals surface area contributed by atoms with E-state index >= 15 is 0 Å². The van der Waals surface area contributed by atoms with Gasteiger partial charge in [-0.25, -0.2) is 13.1 Å². The number of carbonyl (C=O) groups excluding carboxylic acids is 1. The fraction of sp³-hybridized carbons (Fsp3) is 0.360. The molecule has 2 aromatic carbocycles. The Balaban J connectivity index is 1.41. The van der Waals surface area contributed by atoms with E-state index in [1.165, 1.54) is 22.0 Å². The van der Waals surface area contributed by atoms with Gasteiger partial charge in [-0.3, -0.25) is 4.79 Å². The molecule has 1 fully saturated rings. The molecule has 0 atom stereocenters. The van der Waals surface area contributed by atoms with E-state index in [1.807, 2.05) is 10.7 Å². The third kappa shape index (κ3) is 4.28. The summed E-state index contributed by atoms with van der Waals surface area (Å²) in [5.74, 6) is 2.01. The average molecular weight is 497 g/mol. The van der Waals surface area contributed by atoms with Gasteiger partial charge in [0.15, 0.2) is 0 Å². The minimum absolute atomic E-state index is 0.225. The fourth-order valence-electron chi connectivity index (χ4n) is 4.40. The number of nitrogens with one attached hydrogen (secondary N) is 1. The van der Waals surface area contributed by atoms with Crippen LogP contribution in [0.3, 0.4) is 0 Å². The summed E-state index contributed by atoms with van der Waals surface area (Å²) < 4.78 is 29.2. The number of sulfonamides is 1. The zero-order valence-electron chi connectivity index (χ0n) is 19.4. The Kier molecular flexibility index (Phi) is 6.26.